The summed E-state index contributed by atoms with van der Waals surface area (Å²) >= 11 is 0. The molecule has 0 aromatic heterocycles. The largest absolute Gasteiger partial charge is 0.416 e. The smallest absolute Gasteiger partial charge is 0.373 e. The molecular formula is C14H36O6Si6. The fraction of sp³-hybridized carbons (Fsp3) is 0.714. The Morgan fingerprint density at radius 2 is 0.615 bits per heavy atom. The summed E-state index contributed by atoms with van der Waals surface area (Å²) in [4.78, 5) is 0. The molecule has 1 heterocycles. The Morgan fingerprint density at radius 3 is 0.808 bits per heavy atom. The highest BCUT2D eigenvalue weighted by atomic mass is 28.5. The second-order valence-electron chi connectivity index (χ2n) is 8.74. The molecule has 0 bridgehead atoms. The van der Waals surface area contributed by atoms with Gasteiger partial charge in [0.1, 0.15) is 0 Å². The summed E-state index contributed by atoms with van der Waals surface area (Å²) in [5.74, 6) is 0. The van der Waals surface area contributed by atoms with E-state index in [2.05, 4.69) is 13.2 Å². The highest BCUT2D eigenvalue weighted by molar-refractivity contribution is 6.96. The minimum atomic E-state index is -2.89. The first-order chi connectivity index (χ1) is 11.4. The summed E-state index contributed by atoms with van der Waals surface area (Å²) in [6, 6.07) is 0. The van der Waals surface area contributed by atoms with Crippen LogP contribution >= 0.6 is 0 Å². The van der Waals surface area contributed by atoms with Crippen molar-refractivity contribution in [1.29, 1.82) is 0 Å². The minimum Gasteiger partial charge on any atom is -0.416 e. The first kappa shape index (κ1) is 24.6. The lowest BCUT2D eigenvalue weighted by molar-refractivity contribution is 0.243. The molecule has 0 saturated carbocycles. The second-order valence-corrected chi connectivity index (χ2v) is 29.9. The van der Waals surface area contributed by atoms with Crippen LogP contribution in [-0.4, -0.2) is 51.4 Å². The van der Waals surface area contributed by atoms with Gasteiger partial charge in [0.25, 0.3) is 0 Å². The Bertz CT molecular complexity index is 502. The van der Waals surface area contributed by atoms with E-state index in [-0.39, 0.29) is 0 Å². The average molecular weight is 469 g/mol. The first-order valence-electron chi connectivity index (χ1n) is 8.84. The molecule has 0 aliphatic carbocycles. The zero-order chi connectivity index (χ0) is 20.7. The van der Waals surface area contributed by atoms with Crippen molar-refractivity contribution in [2.24, 2.45) is 0 Å². The minimum absolute atomic E-state index is 1.76. The summed E-state index contributed by atoms with van der Waals surface area (Å²) in [5.41, 5.74) is 3.51. The predicted octanol–water partition coefficient (Wildman–Crippen LogP) is 4.50. The van der Waals surface area contributed by atoms with Gasteiger partial charge in [0, 0.05) is 0 Å². The lowest BCUT2D eigenvalue weighted by Crippen LogP contribution is -2.64. The SMILES string of the molecule is C=C[Si]1(C=C)O[Si](C)(C)O[Si](C)(C)O[Si](C)(C)O[Si](C)(C)O[Si](C)(C)O1. The van der Waals surface area contributed by atoms with Crippen LogP contribution in [0.2, 0.25) is 65.5 Å². The van der Waals surface area contributed by atoms with Crippen molar-refractivity contribution in [3.63, 3.8) is 0 Å². The summed E-state index contributed by atoms with van der Waals surface area (Å²) in [7, 11) is -15.4. The molecule has 0 radical (unpaired) electrons. The summed E-state index contributed by atoms with van der Waals surface area (Å²) in [6.45, 7) is 28.2. The van der Waals surface area contributed by atoms with E-state index in [4.69, 9.17) is 24.7 Å². The quantitative estimate of drug-likeness (QED) is 0.556. The van der Waals surface area contributed by atoms with Gasteiger partial charge in [-0.05, 0) is 76.9 Å². The number of rotatable bonds is 2. The zero-order valence-corrected chi connectivity index (χ0v) is 24.0. The van der Waals surface area contributed by atoms with E-state index in [1.54, 1.807) is 11.4 Å². The summed E-state index contributed by atoms with van der Waals surface area (Å²) in [6.07, 6.45) is 0. The fourth-order valence-corrected chi connectivity index (χ4v) is 33.3. The average Bonchev–Trinajstić information content (AvgIpc) is 2.29. The van der Waals surface area contributed by atoms with Crippen molar-refractivity contribution >= 4 is 51.4 Å². The molecule has 0 aromatic carbocycles. The molecule has 0 unspecified atom stereocenters. The van der Waals surface area contributed by atoms with Gasteiger partial charge in [0.05, 0.1) is 0 Å². The Morgan fingerprint density at radius 1 is 0.423 bits per heavy atom. The van der Waals surface area contributed by atoms with Crippen molar-refractivity contribution in [3.8, 4) is 0 Å². The van der Waals surface area contributed by atoms with Crippen molar-refractivity contribution in [2.75, 3.05) is 0 Å². The van der Waals surface area contributed by atoms with E-state index in [0.717, 1.165) is 0 Å². The molecule has 0 atom stereocenters. The van der Waals surface area contributed by atoms with Gasteiger partial charge in [-0.25, -0.2) is 0 Å². The van der Waals surface area contributed by atoms with Crippen molar-refractivity contribution < 1.29 is 24.7 Å². The first-order valence-corrected chi connectivity index (χ1v) is 24.9. The normalized spacial score (nSPS) is 29.6. The van der Waals surface area contributed by atoms with E-state index in [9.17, 15) is 0 Å². The Balaban J connectivity index is 3.41. The van der Waals surface area contributed by atoms with E-state index in [0.29, 0.717) is 0 Å². The Labute approximate surface area is 166 Å². The lowest BCUT2D eigenvalue weighted by atomic mass is 11.2. The summed E-state index contributed by atoms with van der Waals surface area (Å²) < 4.78 is 38.8. The Kier molecular flexibility index (Phi) is 7.33. The Hall–Kier alpha value is 0.541. The predicted molar refractivity (Wildman–Crippen MR) is 120 cm³/mol. The molecule has 1 saturated heterocycles. The van der Waals surface area contributed by atoms with Crippen LogP contribution in [0.1, 0.15) is 0 Å². The molecule has 0 spiro atoms. The van der Waals surface area contributed by atoms with E-state index in [1.165, 1.54) is 0 Å². The van der Waals surface area contributed by atoms with Crippen LogP contribution in [0, 0.1) is 0 Å². The molecule has 6 nitrogen and oxygen atoms in total. The van der Waals surface area contributed by atoms with Crippen LogP contribution in [0.5, 0.6) is 0 Å². The molecule has 0 amide bonds. The highest BCUT2D eigenvalue weighted by Crippen LogP contribution is 2.31. The topological polar surface area (TPSA) is 55.4 Å². The zero-order valence-electron chi connectivity index (χ0n) is 18.0. The number of hydrogen-bond acceptors (Lipinski definition) is 6. The lowest BCUT2D eigenvalue weighted by Gasteiger charge is -2.46. The van der Waals surface area contributed by atoms with E-state index >= 15 is 0 Å². The van der Waals surface area contributed by atoms with Crippen LogP contribution in [0.3, 0.4) is 0 Å². The fourth-order valence-electron chi connectivity index (χ4n) is 3.51. The molecule has 1 rings (SSSR count). The van der Waals surface area contributed by atoms with Gasteiger partial charge in [-0.1, -0.05) is 0 Å². The maximum Gasteiger partial charge on any atom is 0.373 e. The van der Waals surface area contributed by atoms with Crippen LogP contribution in [0.15, 0.2) is 24.6 Å². The third-order valence-electron chi connectivity index (χ3n) is 3.35. The van der Waals surface area contributed by atoms with Gasteiger partial charge in [0.15, 0.2) is 0 Å². The second kappa shape index (κ2) is 7.75. The molecule has 0 N–H and O–H groups in total. The maximum atomic E-state index is 6.50. The molecule has 1 aliphatic heterocycles. The van der Waals surface area contributed by atoms with Gasteiger partial charge >= 0.3 is 51.4 Å². The van der Waals surface area contributed by atoms with E-state index in [1.807, 2.05) is 65.5 Å². The molecule has 152 valence electrons. The van der Waals surface area contributed by atoms with Gasteiger partial charge in [-0.2, -0.15) is 0 Å². The highest BCUT2D eigenvalue weighted by Gasteiger charge is 2.52. The maximum absolute atomic E-state index is 6.50. The molecule has 12 heteroatoms. The van der Waals surface area contributed by atoms with Crippen molar-refractivity contribution in [2.45, 2.75) is 65.5 Å². The summed E-state index contributed by atoms with van der Waals surface area (Å²) in [5, 5.41) is 0. The molecule has 0 aromatic rings. The third-order valence-corrected chi connectivity index (χ3v) is 26.7. The van der Waals surface area contributed by atoms with E-state index < -0.39 is 51.4 Å². The van der Waals surface area contributed by atoms with Crippen molar-refractivity contribution in [1.82, 2.24) is 0 Å². The van der Waals surface area contributed by atoms with Crippen molar-refractivity contribution in [3.05, 3.63) is 24.6 Å². The molecule has 1 aliphatic rings. The van der Waals surface area contributed by atoms with Crippen LogP contribution in [0.25, 0.3) is 0 Å². The van der Waals surface area contributed by atoms with Crippen LogP contribution in [-0.2, 0) is 24.7 Å². The van der Waals surface area contributed by atoms with Gasteiger partial charge in [-0.15, -0.1) is 13.2 Å². The molecular weight excluding hydrogens is 433 g/mol. The monoisotopic (exact) mass is 468 g/mol. The van der Waals surface area contributed by atoms with Gasteiger partial charge < -0.3 is 24.7 Å². The number of hydrogen-bond donors (Lipinski definition) is 0. The van der Waals surface area contributed by atoms with Gasteiger partial charge in [0.2, 0.25) is 0 Å². The standard InChI is InChI=1S/C14H36O6Si6/c1-13-26(14-2)19-24(9,10)17-22(5,6)15-21(3,4)16-23(7,8)18-25(11,12)20-26/h13-14H,1-2H2,3-12H3. The molecule has 1 fully saturated rings. The van der Waals surface area contributed by atoms with Crippen LogP contribution in [0.4, 0.5) is 0 Å². The van der Waals surface area contributed by atoms with Crippen LogP contribution < -0.4 is 0 Å². The molecule has 26 heavy (non-hydrogen) atoms. The third kappa shape index (κ3) is 7.52. The van der Waals surface area contributed by atoms with Gasteiger partial charge in [-0.3, -0.25) is 0 Å².